The number of hydrogen-bond acceptors (Lipinski definition) is 3. The molecule has 2 rings (SSSR count). The molecule has 0 unspecified atom stereocenters. The van der Waals surface area contributed by atoms with Gasteiger partial charge in [0.25, 0.3) is 0 Å². The van der Waals surface area contributed by atoms with E-state index < -0.39 is 11.6 Å². The van der Waals surface area contributed by atoms with Gasteiger partial charge in [0.2, 0.25) is 0 Å². The molecule has 0 atom stereocenters. The fourth-order valence-electron chi connectivity index (χ4n) is 1.58. The molecule has 0 aromatic carbocycles. The van der Waals surface area contributed by atoms with Crippen LogP contribution in [0, 0.1) is 11.6 Å². The lowest BCUT2D eigenvalue weighted by molar-refractivity contribution is 0.567. The van der Waals surface area contributed by atoms with Gasteiger partial charge in [-0.25, -0.2) is 18.7 Å². The summed E-state index contributed by atoms with van der Waals surface area (Å²) in [6, 6.07) is 0.730. The summed E-state index contributed by atoms with van der Waals surface area (Å²) >= 11 is 0. The van der Waals surface area contributed by atoms with Crippen LogP contribution in [0.5, 0.6) is 0 Å². The number of imidazole rings is 1. The predicted molar refractivity (Wildman–Crippen MR) is 59.7 cm³/mol. The van der Waals surface area contributed by atoms with Gasteiger partial charge in [-0.3, -0.25) is 4.57 Å². The van der Waals surface area contributed by atoms with E-state index in [4.69, 9.17) is 5.73 Å². The third-order valence-electron chi connectivity index (χ3n) is 2.36. The maximum atomic E-state index is 13.6. The molecule has 0 bridgehead atoms. The van der Waals surface area contributed by atoms with Gasteiger partial charge in [0.05, 0.1) is 0 Å². The Kier molecular flexibility index (Phi) is 3.03. The highest BCUT2D eigenvalue weighted by atomic mass is 19.1. The zero-order chi connectivity index (χ0) is 12.4. The number of pyridine rings is 1. The molecule has 4 nitrogen and oxygen atoms in total. The normalized spacial score (nSPS) is 10.8. The van der Waals surface area contributed by atoms with Crippen LogP contribution in [-0.4, -0.2) is 14.5 Å². The molecule has 6 heteroatoms. The van der Waals surface area contributed by atoms with Crippen molar-refractivity contribution in [2.24, 2.45) is 0 Å². The molecule has 2 heterocycles. The molecule has 0 aliphatic carbocycles. The first-order chi connectivity index (χ1) is 8.13. The van der Waals surface area contributed by atoms with Crippen LogP contribution in [0.3, 0.4) is 0 Å². The van der Waals surface area contributed by atoms with Gasteiger partial charge in [-0.2, -0.15) is 0 Å². The van der Waals surface area contributed by atoms with Gasteiger partial charge in [0.1, 0.15) is 5.82 Å². The van der Waals surface area contributed by atoms with Gasteiger partial charge in [0.15, 0.2) is 23.3 Å². The lowest BCUT2D eigenvalue weighted by atomic mass is 10.3. The molecule has 2 N–H and O–H groups in total. The van der Waals surface area contributed by atoms with Crippen LogP contribution in [0.15, 0.2) is 18.5 Å². The summed E-state index contributed by atoms with van der Waals surface area (Å²) in [4.78, 5) is 7.81. The van der Waals surface area contributed by atoms with Crippen molar-refractivity contribution in [3.63, 3.8) is 0 Å². The van der Waals surface area contributed by atoms with Crippen molar-refractivity contribution in [1.82, 2.24) is 14.5 Å². The minimum absolute atomic E-state index is 0.0233. The minimum Gasteiger partial charge on any atom is -0.381 e. The lowest BCUT2D eigenvalue weighted by Gasteiger charge is -2.08. The van der Waals surface area contributed by atoms with Gasteiger partial charge in [-0.1, -0.05) is 6.92 Å². The molecular weight excluding hydrogens is 226 g/mol. The Hall–Kier alpha value is -1.98. The zero-order valence-electron chi connectivity index (χ0n) is 9.32. The second-order valence-corrected chi connectivity index (χ2v) is 3.62. The summed E-state index contributed by atoms with van der Waals surface area (Å²) in [5, 5.41) is 0. The Bertz CT molecular complexity index is 536. The van der Waals surface area contributed by atoms with Crippen LogP contribution in [-0.2, 0) is 6.42 Å². The standard InChI is InChI=1S/C11H12F2N4/c1-2-3-9-15-4-5-17(9)11-8(13)6-7(12)10(14)16-11/h4-6H,2-3H2,1H3,(H2,14,16). The van der Waals surface area contributed by atoms with Gasteiger partial charge < -0.3 is 5.73 Å². The number of aryl methyl sites for hydroxylation is 1. The molecule has 2 aromatic rings. The molecule has 0 amide bonds. The highest BCUT2D eigenvalue weighted by molar-refractivity contribution is 5.39. The summed E-state index contributed by atoms with van der Waals surface area (Å²) in [7, 11) is 0. The van der Waals surface area contributed by atoms with Gasteiger partial charge in [-0.05, 0) is 6.42 Å². The first-order valence-corrected chi connectivity index (χ1v) is 5.27. The smallest absolute Gasteiger partial charge is 0.176 e. The fraction of sp³-hybridized carbons (Fsp3) is 0.273. The maximum absolute atomic E-state index is 13.6. The van der Waals surface area contributed by atoms with Gasteiger partial charge >= 0.3 is 0 Å². The third-order valence-corrected chi connectivity index (χ3v) is 2.36. The van der Waals surface area contributed by atoms with E-state index in [2.05, 4.69) is 9.97 Å². The van der Waals surface area contributed by atoms with Crippen LogP contribution in [0.4, 0.5) is 14.6 Å². The first kappa shape index (κ1) is 11.5. The average molecular weight is 238 g/mol. The van der Waals surface area contributed by atoms with Crippen molar-refractivity contribution < 1.29 is 8.78 Å². The van der Waals surface area contributed by atoms with E-state index >= 15 is 0 Å². The van der Waals surface area contributed by atoms with Crippen LogP contribution < -0.4 is 5.73 Å². The summed E-state index contributed by atoms with van der Waals surface area (Å²) < 4.78 is 28.1. The van der Waals surface area contributed by atoms with Crippen molar-refractivity contribution in [3.05, 3.63) is 35.9 Å². The molecule has 90 valence electrons. The summed E-state index contributed by atoms with van der Waals surface area (Å²) in [6.07, 6.45) is 4.68. The summed E-state index contributed by atoms with van der Waals surface area (Å²) in [6.45, 7) is 1.99. The molecule has 0 saturated carbocycles. The molecule has 0 radical (unpaired) electrons. The SMILES string of the molecule is CCCc1nccn1-c1nc(N)c(F)cc1F. The molecule has 0 saturated heterocycles. The summed E-state index contributed by atoms with van der Waals surface area (Å²) in [5.74, 6) is -1.29. The second-order valence-electron chi connectivity index (χ2n) is 3.62. The van der Waals surface area contributed by atoms with E-state index in [1.54, 1.807) is 12.4 Å². The van der Waals surface area contributed by atoms with E-state index in [1.165, 1.54) is 4.57 Å². The number of nitrogens with zero attached hydrogens (tertiary/aromatic N) is 3. The van der Waals surface area contributed by atoms with Crippen LogP contribution in [0.1, 0.15) is 19.2 Å². The number of hydrogen-bond donors (Lipinski definition) is 1. The average Bonchev–Trinajstić information content (AvgIpc) is 2.72. The highest BCUT2D eigenvalue weighted by Gasteiger charge is 2.13. The zero-order valence-corrected chi connectivity index (χ0v) is 9.32. The molecule has 0 aliphatic rings. The Morgan fingerprint density at radius 3 is 2.82 bits per heavy atom. The van der Waals surface area contributed by atoms with Crippen LogP contribution in [0.2, 0.25) is 0 Å². The number of nitrogen functional groups attached to an aromatic ring is 1. The van der Waals surface area contributed by atoms with E-state index in [9.17, 15) is 8.78 Å². The molecule has 2 aromatic heterocycles. The first-order valence-electron chi connectivity index (χ1n) is 5.27. The Morgan fingerprint density at radius 2 is 2.12 bits per heavy atom. The lowest BCUT2D eigenvalue weighted by Crippen LogP contribution is -2.08. The van der Waals surface area contributed by atoms with Gasteiger partial charge in [-0.15, -0.1) is 0 Å². The second kappa shape index (κ2) is 4.48. The largest absolute Gasteiger partial charge is 0.381 e. The van der Waals surface area contributed by atoms with Crippen LogP contribution in [0.25, 0.3) is 5.82 Å². The van der Waals surface area contributed by atoms with Crippen molar-refractivity contribution in [2.75, 3.05) is 5.73 Å². The van der Waals surface area contributed by atoms with Crippen molar-refractivity contribution in [1.29, 1.82) is 0 Å². The molecular formula is C11H12F2N4. The van der Waals surface area contributed by atoms with E-state index in [1.807, 2.05) is 6.92 Å². The van der Waals surface area contributed by atoms with E-state index in [-0.39, 0.29) is 11.6 Å². The number of anilines is 1. The topological polar surface area (TPSA) is 56.7 Å². The van der Waals surface area contributed by atoms with E-state index in [0.717, 1.165) is 12.5 Å². The molecule has 0 fully saturated rings. The molecule has 0 aliphatic heterocycles. The van der Waals surface area contributed by atoms with Crippen molar-refractivity contribution in [3.8, 4) is 5.82 Å². The minimum atomic E-state index is -0.858. The maximum Gasteiger partial charge on any atom is 0.176 e. The predicted octanol–water partition coefficient (Wildman–Crippen LogP) is 2.08. The fourth-order valence-corrected chi connectivity index (χ4v) is 1.58. The van der Waals surface area contributed by atoms with E-state index in [0.29, 0.717) is 12.2 Å². The van der Waals surface area contributed by atoms with Crippen molar-refractivity contribution in [2.45, 2.75) is 19.8 Å². The number of rotatable bonds is 3. The third kappa shape index (κ3) is 2.11. The molecule has 17 heavy (non-hydrogen) atoms. The number of aromatic nitrogens is 3. The monoisotopic (exact) mass is 238 g/mol. The Balaban J connectivity index is 2.52. The van der Waals surface area contributed by atoms with Crippen molar-refractivity contribution >= 4 is 5.82 Å². The van der Waals surface area contributed by atoms with Crippen LogP contribution >= 0.6 is 0 Å². The Morgan fingerprint density at radius 1 is 1.35 bits per heavy atom. The molecule has 0 spiro atoms. The quantitative estimate of drug-likeness (QED) is 0.890. The Labute approximate surface area is 97.1 Å². The van der Waals surface area contributed by atoms with Gasteiger partial charge in [0, 0.05) is 24.9 Å². The number of halogens is 2. The number of nitrogens with two attached hydrogens (primary N) is 1. The highest BCUT2D eigenvalue weighted by Crippen LogP contribution is 2.18. The summed E-state index contributed by atoms with van der Waals surface area (Å²) in [5.41, 5.74) is 5.33.